The summed E-state index contributed by atoms with van der Waals surface area (Å²) < 4.78 is 6.12. The normalized spacial score (nSPS) is 33.1. The van der Waals surface area contributed by atoms with Gasteiger partial charge in [0.25, 0.3) is 0 Å². The summed E-state index contributed by atoms with van der Waals surface area (Å²) in [7, 11) is 2.30. The Morgan fingerprint density at radius 3 is 2.38 bits per heavy atom. The maximum Gasteiger partial charge on any atom is 0.0647 e. The fraction of sp³-hybridized carbons (Fsp3) is 0.481. The van der Waals surface area contributed by atoms with Crippen LogP contribution in [0, 0.1) is 23.7 Å². The molecule has 1 aliphatic heterocycles. The zero-order valence-electron chi connectivity index (χ0n) is 17.7. The zero-order valence-corrected chi connectivity index (χ0v) is 17.7. The number of rotatable bonds is 6. The van der Waals surface area contributed by atoms with Gasteiger partial charge < -0.3 is 9.64 Å². The van der Waals surface area contributed by atoms with Crippen molar-refractivity contribution in [2.24, 2.45) is 23.7 Å². The van der Waals surface area contributed by atoms with Crippen molar-refractivity contribution < 1.29 is 4.74 Å². The number of benzene rings is 2. The van der Waals surface area contributed by atoms with E-state index in [-0.39, 0.29) is 0 Å². The van der Waals surface area contributed by atoms with Gasteiger partial charge >= 0.3 is 0 Å². The van der Waals surface area contributed by atoms with Gasteiger partial charge in [-0.2, -0.15) is 0 Å². The molecule has 1 saturated carbocycles. The van der Waals surface area contributed by atoms with Crippen molar-refractivity contribution in [3.63, 3.8) is 0 Å². The predicted octanol–water partition coefficient (Wildman–Crippen LogP) is 5.62. The van der Waals surface area contributed by atoms with E-state index in [0.29, 0.717) is 23.9 Å². The molecule has 2 aliphatic carbocycles. The third-order valence-electron chi connectivity index (χ3n) is 7.22. The molecule has 0 bridgehead atoms. The number of allylic oxidation sites excluding steroid dienone is 1. The Hall–Kier alpha value is -1.90. The molecule has 4 unspecified atom stereocenters. The molecule has 2 heteroatoms. The molecule has 152 valence electrons. The lowest BCUT2D eigenvalue weighted by Crippen LogP contribution is -2.33. The maximum absolute atomic E-state index is 6.12. The van der Waals surface area contributed by atoms with Crippen LogP contribution in [0.4, 0.5) is 0 Å². The topological polar surface area (TPSA) is 12.5 Å². The van der Waals surface area contributed by atoms with E-state index in [2.05, 4.69) is 85.6 Å². The lowest BCUT2D eigenvalue weighted by molar-refractivity contribution is 0.0789. The van der Waals surface area contributed by atoms with Gasteiger partial charge in [-0.15, -0.1) is 0 Å². The van der Waals surface area contributed by atoms with Crippen molar-refractivity contribution in [1.82, 2.24) is 4.90 Å². The Morgan fingerprint density at radius 1 is 0.862 bits per heavy atom. The van der Waals surface area contributed by atoms with Gasteiger partial charge in [-0.1, -0.05) is 73.7 Å². The average molecular weight is 388 g/mol. The van der Waals surface area contributed by atoms with Crippen LogP contribution in [0.3, 0.4) is 0 Å². The Kier molecular flexibility index (Phi) is 5.32. The van der Waals surface area contributed by atoms with E-state index in [0.717, 1.165) is 25.0 Å². The van der Waals surface area contributed by atoms with Crippen molar-refractivity contribution >= 4 is 0 Å². The van der Waals surface area contributed by atoms with Crippen LogP contribution in [0.5, 0.6) is 0 Å². The van der Waals surface area contributed by atoms with Crippen LogP contribution in [0.25, 0.3) is 11.1 Å². The molecule has 0 amide bonds. The molecule has 0 aromatic heterocycles. The van der Waals surface area contributed by atoms with Crippen LogP contribution >= 0.6 is 0 Å². The monoisotopic (exact) mass is 387 g/mol. The summed E-state index contributed by atoms with van der Waals surface area (Å²) in [5, 5.41) is 0. The van der Waals surface area contributed by atoms with E-state index in [4.69, 9.17) is 4.74 Å². The van der Waals surface area contributed by atoms with Crippen molar-refractivity contribution in [1.29, 1.82) is 0 Å². The smallest absolute Gasteiger partial charge is 0.0647 e. The first-order valence-corrected chi connectivity index (χ1v) is 11.3. The molecule has 0 radical (unpaired) electrons. The number of fused-ring (bicyclic) bond motifs is 1. The van der Waals surface area contributed by atoms with E-state index >= 15 is 0 Å². The molecule has 1 saturated heterocycles. The first kappa shape index (κ1) is 19.1. The minimum absolute atomic E-state index is 0.463. The summed E-state index contributed by atoms with van der Waals surface area (Å²) >= 11 is 0. The molecule has 2 aromatic rings. The van der Waals surface area contributed by atoms with Crippen molar-refractivity contribution in [2.75, 3.05) is 26.7 Å². The lowest BCUT2D eigenvalue weighted by Gasteiger charge is -2.28. The Balaban J connectivity index is 1.14. The number of nitrogens with zero attached hydrogens (tertiary/aromatic N) is 1. The van der Waals surface area contributed by atoms with E-state index in [1.165, 1.54) is 36.1 Å². The standard InChI is InChI=1S/C27H33NO/c1-19-8-13-25-24(18-29-27(25)14-19)17-28(2)16-23-15-26(23)22-11-9-21(10-12-22)20-6-4-3-5-7-20/h3-13,19,23-27H,14-18H2,1-2H3/t19-,23+,24?,25?,26?,27?/m1/s1. The van der Waals surface area contributed by atoms with Gasteiger partial charge in [-0.25, -0.2) is 0 Å². The summed E-state index contributed by atoms with van der Waals surface area (Å²) in [6.45, 7) is 5.61. The molecular weight excluding hydrogens is 354 g/mol. The number of ether oxygens (including phenoxy) is 1. The maximum atomic E-state index is 6.12. The third kappa shape index (κ3) is 4.20. The van der Waals surface area contributed by atoms with E-state index in [9.17, 15) is 0 Å². The second-order valence-electron chi connectivity index (χ2n) is 9.62. The van der Waals surface area contributed by atoms with Gasteiger partial charge in [-0.3, -0.25) is 0 Å². The van der Waals surface area contributed by atoms with E-state index < -0.39 is 0 Å². The van der Waals surface area contributed by atoms with Crippen molar-refractivity contribution in [3.05, 3.63) is 72.3 Å². The second kappa shape index (κ2) is 8.08. The van der Waals surface area contributed by atoms with Gasteiger partial charge in [0.2, 0.25) is 0 Å². The van der Waals surface area contributed by atoms with Crippen LogP contribution in [-0.4, -0.2) is 37.7 Å². The minimum atomic E-state index is 0.463. The van der Waals surface area contributed by atoms with E-state index in [1.807, 2.05) is 0 Å². The SMILES string of the molecule is C[C@@H]1C=CC2C(CN(C)C[C@@H]3CC3c3ccc(-c4ccccc4)cc3)COC2C1. The van der Waals surface area contributed by atoms with Crippen molar-refractivity contribution in [3.8, 4) is 11.1 Å². The van der Waals surface area contributed by atoms with Crippen LogP contribution in [0.2, 0.25) is 0 Å². The highest BCUT2D eigenvalue weighted by Crippen LogP contribution is 2.48. The molecule has 0 spiro atoms. The first-order chi connectivity index (χ1) is 14.2. The summed E-state index contributed by atoms with van der Waals surface area (Å²) in [4.78, 5) is 2.56. The van der Waals surface area contributed by atoms with Crippen LogP contribution in [0.15, 0.2) is 66.7 Å². The van der Waals surface area contributed by atoms with Crippen LogP contribution < -0.4 is 0 Å². The average Bonchev–Trinajstić information content (AvgIpc) is 3.40. The molecule has 2 aromatic carbocycles. The fourth-order valence-electron chi connectivity index (χ4n) is 5.50. The number of hydrogen-bond acceptors (Lipinski definition) is 2. The quantitative estimate of drug-likeness (QED) is 0.597. The Labute approximate surface area is 175 Å². The molecule has 2 fully saturated rings. The molecule has 5 rings (SSSR count). The molecule has 0 N–H and O–H groups in total. The molecular formula is C27H33NO. The molecule has 2 nitrogen and oxygen atoms in total. The lowest BCUT2D eigenvalue weighted by atomic mass is 9.81. The van der Waals surface area contributed by atoms with Crippen LogP contribution in [0.1, 0.15) is 31.2 Å². The fourth-order valence-corrected chi connectivity index (χ4v) is 5.50. The summed E-state index contributed by atoms with van der Waals surface area (Å²) in [5.74, 6) is 3.52. The molecule has 1 heterocycles. The van der Waals surface area contributed by atoms with Gasteiger partial charge in [-0.05, 0) is 54.3 Å². The zero-order chi connectivity index (χ0) is 19.8. The minimum Gasteiger partial charge on any atom is -0.377 e. The predicted molar refractivity (Wildman–Crippen MR) is 120 cm³/mol. The van der Waals surface area contributed by atoms with Crippen LogP contribution in [-0.2, 0) is 4.74 Å². The highest BCUT2D eigenvalue weighted by molar-refractivity contribution is 5.63. The largest absolute Gasteiger partial charge is 0.377 e. The summed E-state index contributed by atoms with van der Waals surface area (Å²) in [5.41, 5.74) is 4.13. The van der Waals surface area contributed by atoms with Gasteiger partial charge in [0.15, 0.2) is 0 Å². The van der Waals surface area contributed by atoms with Gasteiger partial charge in [0, 0.05) is 24.9 Å². The molecule has 29 heavy (non-hydrogen) atoms. The van der Waals surface area contributed by atoms with E-state index in [1.54, 1.807) is 0 Å². The highest BCUT2D eigenvalue weighted by Gasteiger charge is 2.41. The van der Waals surface area contributed by atoms with Crippen molar-refractivity contribution in [2.45, 2.75) is 31.8 Å². The Morgan fingerprint density at radius 2 is 1.59 bits per heavy atom. The first-order valence-electron chi connectivity index (χ1n) is 11.3. The summed E-state index contributed by atoms with van der Waals surface area (Å²) in [6, 6.07) is 19.9. The second-order valence-corrected chi connectivity index (χ2v) is 9.62. The van der Waals surface area contributed by atoms with Gasteiger partial charge in [0.05, 0.1) is 12.7 Å². The summed E-state index contributed by atoms with van der Waals surface area (Å²) in [6.07, 6.45) is 7.84. The number of hydrogen-bond donors (Lipinski definition) is 0. The molecule has 6 atom stereocenters. The molecule has 3 aliphatic rings. The van der Waals surface area contributed by atoms with Gasteiger partial charge in [0.1, 0.15) is 0 Å². The third-order valence-corrected chi connectivity index (χ3v) is 7.22. The Bertz CT molecular complexity index is 843. The highest BCUT2D eigenvalue weighted by atomic mass is 16.5.